The van der Waals surface area contributed by atoms with Gasteiger partial charge in [0.15, 0.2) is 0 Å². The molecule has 254 valence electrons. The van der Waals surface area contributed by atoms with Crippen LogP contribution in [0.2, 0.25) is 0 Å². The molecule has 1 aliphatic rings. The van der Waals surface area contributed by atoms with Crippen LogP contribution in [0.1, 0.15) is 40.0 Å². The maximum atomic E-state index is 2.43. The summed E-state index contributed by atoms with van der Waals surface area (Å²) in [7, 11) is 0. The lowest BCUT2D eigenvalue weighted by atomic mass is 10.0. The Hall–Kier alpha value is -5.64. The topological polar surface area (TPSA) is 9.86 Å². The van der Waals surface area contributed by atoms with E-state index in [1.165, 1.54) is 86.3 Å². The summed E-state index contributed by atoms with van der Waals surface area (Å²) < 4.78 is 7.50. The molecule has 0 aliphatic heterocycles. The number of fused-ring (bicyclic) bond motifs is 9. The van der Waals surface area contributed by atoms with Crippen LogP contribution in [-0.2, 0) is 0 Å². The maximum absolute atomic E-state index is 2.43. The van der Waals surface area contributed by atoms with Gasteiger partial charge >= 0.3 is 0 Å². The molecular formula is C49H42N2S. The lowest BCUT2D eigenvalue weighted by Crippen LogP contribution is -1.96. The summed E-state index contributed by atoms with van der Waals surface area (Å²) in [5, 5.41) is 7.81. The highest BCUT2D eigenvalue weighted by atomic mass is 32.1. The number of para-hydroxylation sites is 3. The highest BCUT2D eigenvalue weighted by Gasteiger charge is 2.17. The summed E-state index contributed by atoms with van der Waals surface area (Å²) in [4.78, 5) is 0. The van der Waals surface area contributed by atoms with Gasteiger partial charge in [-0.1, -0.05) is 124 Å². The van der Waals surface area contributed by atoms with Crippen molar-refractivity contribution in [2.24, 2.45) is 5.92 Å². The van der Waals surface area contributed by atoms with Gasteiger partial charge in [0.25, 0.3) is 0 Å². The van der Waals surface area contributed by atoms with Crippen LogP contribution in [-0.4, -0.2) is 9.13 Å². The van der Waals surface area contributed by atoms with E-state index in [0.29, 0.717) is 0 Å². The van der Waals surface area contributed by atoms with Gasteiger partial charge in [0, 0.05) is 53.1 Å². The Labute approximate surface area is 309 Å². The Morgan fingerprint density at radius 3 is 1.92 bits per heavy atom. The molecule has 0 amide bonds. The fourth-order valence-corrected chi connectivity index (χ4v) is 9.16. The van der Waals surface area contributed by atoms with E-state index in [1.807, 2.05) is 11.3 Å². The fourth-order valence-electron chi connectivity index (χ4n) is 7.95. The molecule has 0 saturated heterocycles. The molecule has 0 atom stereocenters. The molecule has 6 aromatic carbocycles. The number of aromatic nitrogens is 2. The second-order valence-corrected chi connectivity index (χ2v) is 15.2. The lowest BCUT2D eigenvalue weighted by Gasteiger charge is -2.12. The monoisotopic (exact) mass is 690 g/mol. The Bertz CT molecular complexity index is 2810. The van der Waals surface area contributed by atoms with Gasteiger partial charge in [0.1, 0.15) is 0 Å². The summed E-state index contributed by atoms with van der Waals surface area (Å²) in [5.41, 5.74) is 10.0. The minimum atomic E-state index is 0.722. The van der Waals surface area contributed by atoms with E-state index < -0.39 is 0 Å². The van der Waals surface area contributed by atoms with E-state index in [-0.39, 0.29) is 0 Å². The van der Waals surface area contributed by atoms with Crippen molar-refractivity contribution >= 4 is 80.8 Å². The first-order valence-electron chi connectivity index (χ1n) is 18.6. The molecule has 0 bridgehead atoms. The van der Waals surface area contributed by atoms with Crippen LogP contribution >= 0.6 is 11.3 Å². The van der Waals surface area contributed by atoms with Gasteiger partial charge in [-0.2, -0.15) is 0 Å². The zero-order valence-electron chi connectivity index (χ0n) is 30.0. The van der Waals surface area contributed by atoms with E-state index >= 15 is 0 Å². The summed E-state index contributed by atoms with van der Waals surface area (Å²) in [5.74, 6) is 0.722. The summed E-state index contributed by atoms with van der Waals surface area (Å²) in [6.07, 6.45) is 14.7. The molecule has 10 rings (SSSR count). The Morgan fingerprint density at radius 2 is 1.27 bits per heavy atom. The van der Waals surface area contributed by atoms with Gasteiger partial charge < -0.3 is 9.13 Å². The fraction of sp³-hybridized carbons (Fsp3) is 0.143. The van der Waals surface area contributed by atoms with Gasteiger partial charge in [-0.05, 0) is 90.9 Å². The van der Waals surface area contributed by atoms with Gasteiger partial charge in [-0.15, -0.1) is 11.3 Å². The number of benzene rings is 6. The van der Waals surface area contributed by atoms with Crippen LogP contribution < -0.4 is 0 Å². The van der Waals surface area contributed by atoms with E-state index in [9.17, 15) is 0 Å². The number of hydrogen-bond donors (Lipinski definition) is 0. The first kappa shape index (κ1) is 32.3. The molecule has 2 nitrogen and oxygen atoms in total. The molecule has 3 heterocycles. The van der Waals surface area contributed by atoms with Gasteiger partial charge in [0.2, 0.25) is 0 Å². The van der Waals surface area contributed by atoms with Crippen molar-refractivity contribution in [2.45, 2.75) is 40.0 Å². The van der Waals surface area contributed by atoms with Crippen molar-refractivity contribution < 1.29 is 0 Å². The zero-order chi connectivity index (χ0) is 35.2. The Balaban J connectivity index is 0.000000471. The van der Waals surface area contributed by atoms with E-state index in [4.69, 9.17) is 0 Å². The Kier molecular flexibility index (Phi) is 8.37. The molecule has 52 heavy (non-hydrogen) atoms. The average Bonchev–Trinajstić information content (AvgIpc) is 3.85. The van der Waals surface area contributed by atoms with Gasteiger partial charge in [-0.3, -0.25) is 0 Å². The van der Waals surface area contributed by atoms with E-state index in [0.717, 1.165) is 25.2 Å². The van der Waals surface area contributed by atoms with Crippen LogP contribution in [0, 0.1) is 5.92 Å². The van der Waals surface area contributed by atoms with Gasteiger partial charge in [0.05, 0.1) is 22.1 Å². The van der Waals surface area contributed by atoms with Crippen molar-refractivity contribution in [1.29, 1.82) is 0 Å². The molecule has 3 aromatic heterocycles. The van der Waals surface area contributed by atoms with Crippen LogP contribution in [0.15, 0.2) is 158 Å². The minimum Gasteiger partial charge on any atom is -0.310 e. The highest BCUT2D eigenvalue weighted by molar-refractivity contribution is 7.26. The third kappa shape index (κ3) is 5.48. The number of nitrogens with zero attached hydrogens (tertiary/aromatic N) is 2. The van der Waals surface area contributed by atoms with Crippen LogP contribution in [0.5, 0.6) is 0 Å². The zero-order valence-corrected chi connectivity index (χ0v) is 30.8. The summed E-state index contributed by atoms with van der Waals surface area (Å²) in [6, 6.07) is 47.1. The smallest absolute Gasteiger partial charge is 0.0541 e. The second kappa shape index (κ2) is 13.5. The highest BCUT2D eigenvalue weighted by Crippen LogP contribution is 2.43. The van der Waals surface area contributed by atoms with Crippen LogP contribution in [0.4, 0.5) is 0 Å². The lowest BCUT2D eigenvalue weighted by molar-refractivity contribution is 0.826. The standard InChI is InChI=1S/C42H28N2S.C7H14/c1-2-11-28(12-3-1)43-39-20-9-6-15-33(39)35-25-27(21-23-40(35)43)30-16-10-17-34-36-26-29(22-24-41(36)45-42(30)34)44-37-18-7-4-13-31(37)32-14-5-8-19-38(32)44;1-4-5-6-7(2)3/h2,4-26H,1,3H2;5-7H,4H2,1-3H3/b;6-5-. The third-order valence-corrected chi connectivity index (χ3v) is 11.5. The molecule has 0 radical (unpaired) electrons. The van der Waals surface area contributed by atoms with Gasteiger partial charge in [-0.25, -0.2) is 0 Å². The van der Waals surface area contributed by atoms with E-state index in [1.54, 1.807) is 0 Å². The van der Waals surface area contributed by atoms with Crippen molar-refractivity contribution in [3.63, 3.8) is 0 Å². The molecule has 9 aromatic rings. The molecule has 0 saturated carbocycles. The summed E-state index contributed by atoms with van der Waals surface area (Å²) >= 11 is 1.90. The predicted molar refractivity (Wildman–Crippen MR) is 229 cm³/mol. The Morgan fingerprint density at radius 1 is 0.615 bits per heavy atom. The van der Waals surface area contributed by atoms with Crippen molar-refractivity contribution in [3.05, 3.63) is 158 Å². The third-order valence-electron chi connectivity index (χ3n) is 10.3. The number of rotatable bonds is 5. The molecule has 3 heteroatoms. The SMILES string of the molecule is C1=CC(n2c3ccccc3c3cc(-c4cccc5c4sc4ccc(-n6c7ccccc7c7ccccc76)cc45)ccc32)=CCC1.CC/C=C\C(C)C. The molecule has 0 fully saturated rings. The first-order valence-corrected chi connectivity index (χ1v) is 19.4. The van der Waals surface area contributed by atoms with Crippen LogP contribution in [0.25, 0.3) is 86.3 Å². The summed E-state index contributed by atoms with van der Waals surface area (Å²) in [6.45, 7) is 6.52. The minimum absolute atomic E-state index is 0.722. The maximum Gasteiger partial charge on any atom is 0.0541 e. The number of hydrogen-bond acceptors (Lipinski definition) is 1. The van der Waals surface area contributed by atoms with Crippen molar-refractivity contribution in [1.82, 2.24) is 9.13 Å². The quantitative estimate of drug-likeness (QED) is 0.159. The number of thiophene rings is 1. The largest absolute Gasteiger partial charge is 0.310 e. The first-order chi connectivity index (χ1) is 25.6. The normalized spacial score (nSPS) is 13.3. The average molecular weight is 691 g/mol. The predicted octanol–water partition coefficient (Wildman–Crippen LogP) is 14.7. The number of allylic oxidation sites excluding steroid dienone is 6. The van der Waals surface area contributed by atoms with Crippen LogP contribution in [0.3, 0.4) is 0 Å². The van der Waals surface area contributed by atoms with E-state index in [2.05, 4.69) is 188 Å². The van der Waals surface area contributed by atoms with Crippen molar-refractivity contribution in [3.8, 4) is 16.8 Å². The molecule has 0 N–H and O–H groups in total. The molecule has 0 unspecified atom stereocenters. The second-order valence-electron chi connectivity index (χ2n) is 14.1. The molecule has 0 spiro atoms. The molecule has 1 aliphatic carbocycles. The molecular weight excluding hydrogens is 649 g/mol. The van der Waals surface area contributed by atoms with Crippen molar-refractivity contribution in [2.75, 3.05) is 0 Å².